The number of carbonyl (C=O) groups is 2. The maximum atomic E-state index is 12.2. The van der Waals surface area contributed by atoms with Crippen molar-refractivity contribution in [1.82, 2.24) is 4.90 Å². The molecule has 0 unspecified atom stereocenters. The second kappa shape index (κ2) is 7.33. The lowest BCUT2D eigenvalue weighted by Gasteiger charge is -2.28. The van der Waals surface area contributed by atoms with E-state index in [0.29, 0.717) is 28.0 Å². The Morgan fingerprint density at radius 2 is 1.64 bits per heavy atom. The third kappa shape index (κ3) is 4.24. The van der Waals surface area contributed by atoms with Crippen molar-refractivity contribution in [2.24, 2.45) is 0 Å². The molecule has 0 aromatic heterocycles. The Morgan fingerprint density at radius 1 is 0.960 bits per heavy atom. The minimum atomic E-state index is -0.377. The molecule has 0 radical (unpaired) electrons. The van der Waals surface area contributed by atoms with E-state index in [1.807, 2.05) is 18.2 Å². The topological polar surface area (TPSA) is 61.4 Å². The van der Waals surface area contributed by atoms with E-state index >= 15 is 0 Å². The van der Waals surface area contributed by atoms with E-state index < -0.39 is 0 Å². The van der Waals surface area contributed by atoms with Crippen molar-refractivity contribution in [3.8, 4) is 0 Å². The average Bonchev–Trinajstić information content (AvgIpc) is 2.57. The summed E-state index contributed by atoms with van der Waals surface area (Å²) in [6, 6.07) is 10.2. The number of anilines is 2. The van der Waals surface area contributed by atoms with Gasteiger partial charge in [0.05, 0.1) is 10.0 Å². The third-order valence-electron chi connectivity index (χ3n) is 4.10. The number of nitrogens with zero attached hydrogens (tertiary/aromatic N) is 1. The number of urea groups is 1. The SMILES string of the molecule is CC(=O)N1CCc2ccc(NC(=O)Nc3ccc(Cl)c(Cl)c3)cc2C1. The van der Waals surface area contributed by atoms with Crippen LogP contribution in [0, 0.1) is 0 Å². The maximum absolute atomic E-state index is 12.2. The highest BCUT2D eigenvalue weighted by Gasteiger charge is 2.18. The van der Waals surface area contributed by atoms with Gasteiger partial charge in [0, 0.05) is 31.4 Å². The van der Waals surface area contributed by atoms with Gasteiger partial charge in [0.2, 0.25) is 5.91 Å². The zero-order chi connectivity index (χ0) is 18.0. The minimum Gasteiger partial charge on any atom is -0.338 e. The molecule has 5 nitrogen and oxygen atoms in total. The first kappa shape index (κ1) is 17.6. The quantitative estimate of drug-likeness (QED) is 0.806. The summed E-state index contributed by atoms with van der Waals surface area (Å²) in [6.45, 7) is 2.86. The molecule has 2 aromatic rings. The van der Waals surface area contributed by atoms with Gasteiger partial charge in [-0.25, -0.2) is 4.79 Å². The summed E-state index contributed by atoms with van der Waals surface area (Å²) < 4.78 is 0. The Hall–Kier alpha value is -2.24. The number of carbonyl (C=O) groups excluding carboxylic acids is 2. The third-order valence-corrected chi connectivity index (χ3v) is 4.84. The van der Waals surface area contributed by atoms with Crippen LogP contribution in [0.5, 0.6) is 0 Å². The number of halogens is 2. The molecule has 1 aliphatic rings. The van der Waals surface area contributed by atoms with Crippen molar-refractivity contribution in [3.63, 3.8) is 0 Å². The van der Waals surface area contributed by atoms with Crippen molar-refractivity contribution >= 4 is 46.5 Å². The summed E-state index contributed by atoms with van der Waals surface area (Å²) in [5, 5.41) is 6.30. The monoisotopic (exact) mass is 377 g/mol. The van der Waals surface area contributed by atoms with Crippen molar-refractivity contribution in [1.29, 1.82) is 0 Å². The Morgan fingerprint density at radius 3 is 2.32 bits per heavy atom. The standard InChI is InChI=1S/C18H17Cl2N3O2/c1-11(24)23-7-6-12-2-3-14(8-13(12)10-23)21-18(25)22-15-4-5-16(19)17(20)9-15/h2-5,8-9H,6-7,10H2,1H3,(H2,21,22,25). The van der Waals surface area contributed by atoms with Crippen LogP contribution in [0.4, 0.5) is 16.2 Å². The van der Waals surface area contributed by atoms with Crippen molar-refractivity contribution < 1.29 is 9.59 Å². The minimum absolute atomic E-state index is 0.0568. The Labute approximate surface area is 155 Å². The molecule has 7 heteroatoms. The fourth-order valence-electron chi connectivity index (χ4n) is 2.77. The molecule has 0 aliphatic carbocycles. The lowest BCUT2D eigenvalue weighted by Crippen LogP contribution is -2.34. The molecule has 0 bridgehead atoms. The Kier molecular flexibility index (Phi) is 5.16. The maximum Gasteiger partial charge on any atom is 0.323 e. The van der Waals surface area contributed by atoms with E-state index in [-0.39, 0.29) is 11.9 Å². The summed E-state index contributed by atoms with van der Waals surface area (Å²) in [6.07, 6.45) is 0.824. The second-order valence-electron chi connectivity index (χ2n) is 5.88. The zero-order valence-electron chi connectivity index (χ0n) is 13.6. The fourth-order valence-corrected chi connectivity index (χ4v) is 3.07. The number of hydrogen-bond donors (Lipinski definition) is 2. The molecule has 1 aliphatic heterocycles. The molecule has 0 saturated carbocycles. The Bertz CT molecular complexity index is 839. The molecule has 0 saturated heterocycles. The number of fused-ring (bicyclic) bond motifs is 1. The van der Waals surface area contributed by atoms with E-state index in [9.17, 15) is 9.59 Å². The van der Waals surface area contributed by atoms with Gasteiger partial charge in [0.25, 0.3) is 0 Å². The normalized spacial score (nSPS) is 13.2. The predicted molar refractivity (Wildman–Crippen MR) is 100 cm³/mol. The summed E-state index contributed by atoms with van der Waals surface area (Å²) in [5.74, 6) is 0.0568. The van der Waals surface area contributed by atoms with Gasteiger partial charge in [-0.05, 0) is 47.9 Å². The second-order valence-corrected chi connectivity index (χ2v) is 6.70. The molecule has 0 spiro atoms. The van der Waals surface area contributed by atoms with Gasteiger partial charge in [-0.15, -0.1) is 0 Å². The van der Waals surface area contributed by atoms with Gasteiger partial charge in [-0.3, -0.25) is 4.79 Å². The average molecular weight is 378 g/mol. The van der Waals surface area contributed by atoms with Crippen molar-refractivity contribution in [2.45, 2.75) is 19.9 Å². The van der Waals surface area contributed by atoms with Crippen LogP contribution in [-0.4, -0.2) is 23.4 Å². The van der Waals surface area contributed by atoms with E-state index in [1.54, 1.807) is 30.0 Å². The highest BCUT2D eigenvalue weighted by atomic mass is 35.5. The molecule has 3 rings (SSSR count). The molecule has 1 heterocycles. The lowest BCUT2D eigenvalue weighted by atomic mass is 9.99. The van der Waals surface area contributed by atoms with Crippen LogP contribution in [0.2, 0.25) is 10.0 Å². The predicted octanol–water partition coefficient (Wildman–Crippen LogP) is 4.54. The van der Waals surface area contributed by atoms with Crippen LogP contribution in [-0.2, 0) is 17.8 Å². The Balaban J connectivity index is 1.68. The summed E-state index contributed by atoms with van der Waals surface area (Å²) in [7, 11) is 0. The number of amides is 3. The summed E-state index contributed by atoms with van der Waals surface area (Å²) in [5.41, 5.74) is 3.47. The van der Waals surface area contributed by atoms with Crippen molar-refractivity contribution in [3.05, 3.63) is 57.6 Å². The van der Waals surface area contributed by atoms with Gasteiger partial charge in [0.15, 0.2) is 0 Å². The van der Waals surface area contributed by atoms with E-state index in [2.05, 4.69) is 10.6 Å². The smallest absolute Gasteiger partial charge is 0.323 e. The van der Waals surface area contributed by atoms with Gasteiger partial charge in [-0.1, -0.05) is 29.3 Å². The molecule has 25 heavy (non-hydrogen) atoms. The lowest BCUT2D eigenvalue weighted by molar-refractivity contribution is -0.129. The van der Waals surface area contributed by atoms with Gasteiger partial charge in [-0.2, -0.15) is 0 Å². The molecule has 2 N–H and O–H groups in total. The highest BCUT2D eigenvalue weighted by molar-refractivity contribution is 6.42. The molecule has 130 valence electrons. The van der Waals surface area contributed by atoms with E-state index in [1.165, 1.54) is 5.56 Å². The largest absolute Gasteiger partial charge is 0.338 e. The number of nitrogens with one attached hydrogen (secondary N) is 2. The molecule has 2 aromatic carbocycles. The van der Waals surface area contributed by atoms with Crippen LogP contribution < -0.4 is 10.6 Å². The molecule has 0 atom stereocenters. The fraction of sp³-hybridized carbons (Fsp3) is 0.222. The van der Waals surface area contributed by atoms with Crippen LogP contribution >= 0.6 is 23.2 Å². The van der Waals surface area contributed by atoms with E-state index in [0.717, 1.165) is 18.5 Å². The van der Waals surface area contributed by atoms with Crippen LogP contribution in [0.25, 0.3) is 0 Å². The van der Waals surface area contributed by atoms with Crippen LogP contribution in [0.15, 0.2) is 36.4 Å². The van der Waals surface area contributed by atoms with Gasteiger partial charge >= 0.3 is 6.03 Å². The van der Waals surface area contributed by atoms with E-state index in [4.69, 9.17) is 23.2 Å². The number of hydrogen-bond acceptors (Lipinski definition) is 2. The molecular weight excluding hydrogens is 361 g/mol. The summed E-state index contributed by atoms with van der Waals surface area (Å²) >= 11 is 11.8. The van der Waals surface area contributed by atoms with Crippen LogP contribution in [0.3, 0.4) is 0 Å². The number of rotatable bonds is 2. The first-order valence-corrected chi connectivity index (χ1v) is 8.58. The van der Waals surface area contributed by atoms with Gasteiger partial charge < -0.3 is 15.5 Å². The highest BCUT2D eigenvalue weighted by Crippen LogP contribution is 2.26. The summed E-state index contributed by atoms with van der Waals surface area (Å²) in [4.78, 5) is 25.5. The van der Waals surface area contributed by atoms with Crippen molar-refractivity contribution in [2.75, 3.05) is 17.2 Å². The number of benzene rings is 2. The van der Waals surface area contributed by atoms with Crippen LogP contribution in [0.1, 0.15) is 18.1 Å². The molecule has 0 fully saturated rings. The first-order valence-electron chi connectivity index (χ1n) is 7.83. The first-order chi connectivity index (χ1) is 11.9. The van der Waals surface area contributed by atoms with Gasteiger partial charge in [0.1, 0.15) is 0 Å². The molecular formula is C18H17Cl2N3O2. The molecule has 3 amide bonds. The zero-order valence-corrected chi connectivity index (χ0v) is 15.1.